The van der Waals surface area contributed by atoms with E-state index in [4.69, 9.17) is 0 Å². The number of alkyl halides is 7. The molecule has 0 N–H and O–H groups in total. The molecular weight excluding hydrogens is 388 g/mol. The van der Waals surface area contributed by atoms with Crippen molar-refractivity contribution in [3.63, 3.8) is 0 Å². The lowest BCUT2D eigenvalue weighted by molar-refractivity contribution is -0.142. The molecule has 2 rings (SSSR count). The molecule has 1 heterocycles. The highest BCUT2D eigenvalue weighted by atomic mass is 79.9. The van der Waals surface area contributed by atoms with Crippen LogP contribution in [-0.2, 0) is 17.7 Å². The summed E-state index contributed by atoms with van der Waals surface area (Å²) in [6, 6.07) is 4.56. The lowest BCUT2D eigenvalue weighted by Crippen LogP contribution is -2.12. The molecule has 0 unspecified atom stereocenters. The SMILES string of the molecule is Cc1nc(CBr)ccc1-c1ccc(C(F)(F)F)cc1C(F)(F)F. The number of pyridine rings is 1. The van der Waals surface area contributed by atoms with Crippen LogP contribution >= 0.6 is 15.9 Å². The Hall–Kier alpha value is -1.57. The minimum Gasteiger partial charge on any atom is -0.257 e. The van der Waals surface area contributed by atoms with Crippen LogP contribution in [0.2, 0.25) is 0 Å². The Morgan fingerprint density at radius 3 is 2.00 bits per heavy atom. The fraction of sp³-hybridized carbons (Fsp3) is 0.267. The molecule has 124 valence electrons. The van der Waals surface area contributed by atoms with E-state index in [9.17, 15) is 26.3 Å². The van der Waals surface area contributed by atoms with E-state index in [2.05, 4.69) is 20.9 Å². The van der Waals surface area contributed by atoms with Crippen molar-refractivity contribution >= 4 is 15.9 Å². The minimum absolute atomic E-state index is 0.132. The predicted molar refractivity (Wildman–Crippen MR) is 77.0 cm³/mol. The van der Waals surface area contributed by atoms with Gasteiger partial charge in [-0.05, 0) is 30.7 Å². The Balaban J connectivity index is 2.67. The molecule has 0 saturated carbocycles. The van der Waals surface area contributed by atoms with Crippen LogP contribution in [0, 0.1) is 6.92 Å². The summed E-state index contributed by atoms with van der Waals surface area (Å²) in [5.41, 5.74) is -1.91. The third-order valence-corrected chi connectivity index (χ3v) is 3.80. The van der Waals surface area contributed by atoms with E-state index in [1.165, 1.54) is 19.1 Å². The molecule has 1 aromatic heterocycles. The van der Waals surface area contributed by atoms with Gasteiger partial charge in [0.05, 0.1) is 16.8 Å². The van der Waals surface area contributed by atoms with Crippen LogP contribution in [0.1, 0.15) is 22.5 Å². The van der Waals surface area contributed by atoms with E-state index < -0.39 is 23.5 Å². The first-order chi connectivity index (χ1) is 10.5. The van der Waals surface area contributed by atoms with E-state index in [0.29, 0.717) is 22.8 Å². The number of benzene rings is 1. The molecule has 23 heavy (non-hydrogen) atoms. The zero-order valence-electron chi connectivity index (χ0n) is 11.7. The average Bonchev–Trinajstić information content (AvgIpc) is 2.44. The van der Waals surface area contributed by atoms with Crippen LogP contribution in [0.15, 0.2) is 30.3 Å². The lowest BCUT2D eigenvalue weighted by Gasteiger charge is -2.17. The number of halogens is 7. The van der Waals surface area contributed by atoms with E-state index >= 15 is 0 Å². The van der Waals surface area contributed by atoms with Gasteiger partial charge in [-0.25, -0.2) is 0 Å². The second-order valence-corrected chi connectivity index (χ2v) is 5.39. The first kappa shape index (κ1) is 17.8. The number of aryl methyl sites for hydroxylation is 1. The number of nitrogens with zero attached hydrogens (tertiary/aromatic N) is 1. The van der Waals surface area contributed by atoms with Crippen LogP contribution in [-0.4, -0.2) is 4.98 Å². The monoisotopic (exact) mass is 397 g/mol. The standard InChI is InChI=1S/C15H10BrF6N/c1-8-11(5-3-10(7-16)23-8)12-4-2-9(14(17,18)19)6-13(12)15(20,21)22/h2-6H,7H2,1H3. The summed E-state index contributed by atoms with van der Waals surface area (Å²) in [6.45, 7) is 1.51. The maximum Gasteiger partial charge on any atom is 0.417 e. The maximum absolute atomic E-state index is 13.2. The summed E-state index contributed by atoms with van der Waals surface area (Å²) in [6.07, 6.45) is -9.75. The number of hydrogen-bond donors (Lipinski definition) is 0. The highest BCUT2D eigenvalue weighted by Gasteiger charge is 2.38. The van der Waals surface area contributed by atoms with Crippen LogP contribution in [0.4, 0.5) is 26.3 Å². The van der Waals surface area contributed by atoms with E-state index in [1.807, 2.05) is 0 Å². The second-order valence-electron chi connectivity index (χ2n) is 4.83. The predicted octanol–water partition coefficient (Wildman–Crippen LogP) is 5.99. The molecule has 0 spiro atoms. The van der Waals surface area contributed by atoms with Gasteiger partial charge in [-0.15, -0.1) is 0 Å². The molecule has 0 radical (unpaired) electrons. The van der Waals surface area contributed by atoms with Crippen molar-refractivity contribution in [1.82, 2.24) is 4.98 Å². The van der Waals surface area contributed by atoms with Crippen molar-refractivity contribution in [2.24, 2.45) is 0 Å². The van der Waals surface area contributed by atoms with Gasteiger partial charge in [0.2, 0.25) is 0 Å². The van der Waals surface area contributed by atoms with Crippen LogP contribution in [0.3, 0.4) is 0 Å². The van der Waals surface area contributed by atoms with Gasteiger partial charge in [-0.2, -0.15) is 26.3 Å². The van der Waals surface area contributed by atoms with E-state index in [-0.39, 0.29) is 17.2 Å². The Morgan fingerprint density at radius 2 is 1.52 bits per heavy atom. The molecule has 0 aliphatic carbocycles. The van der Waals surface area contributed by atoms with Gasteiger partial charge in [0.15, 0.2) is 0 Å². The molecule has 2 aromatic rings. The first-order valence-electron chi connectivity index (χ1n) is 6.35. The zero-order valence-corrected chi connectivity index (χ0v) is 13.3. The lowest BCUT2D eigenvalue weighted by atomic mass is 9.96. The van der Waals surface area contributed by atoms with Gasteiger partial charge in [0.1, 0.15) is 0 Å². The van der Waals surface area contributed by atoms with Gasteiger partial charge < -0.3 is 0 Å². The molecule has 0 aliphatic rings. The van der Waals surface area contributed by atoms with Crippen molar-refractivity contribution in [3.05, 3.63) is 52.8 Å². The smallest absolute Gasteiger partial charge is 0.257 e. The third kappa shape index (κ3) is 3.85. The summed E-state index contributed by atoms with van der Waals surface area (Å²) in [7, 11) is 0. The largest absolute Gasteiger partial charge is 0.417 e. The van der Waals surface area contributed by atoms with Gasteiger partial charge in [-0.1, -0.05) is 28.1 Å². The number of aromatic nitrogens is 1. The van der Waals surface area contributed by atoms with Gasteiger partial charge >= 0.3 is 12.4 Å². The highest BCUT2D eigenvalue weighted by Crippen LogP contribution is 2.41. The van der Waals surface area contributed by atoms with Crippen LogP contribution in [0.5, 0.6) is 0 Å². The number of hydrogen-bond acceptors (Lipinski definition) is 1. The highest BCUT2D eigenvalue weighted by molar-refractivity contribution is 9.08. The molecular formula is C15H10BrF6N. The second kappa shape index (κ2) is 6.14. The summed E-state index contributed by atoms with van der Waals surface area (Å²) in [4.78, 5) is 4.13. The van der Waals surface area contributed by atoms with E-state index in [1.54, 1.807) is 0 Å². The molecule has 0 bridgehead atoms. The topological polar surface area (TPSA) is 12.9 Å². The quantitative estimate of drug-likeness (QED) is 0.448. The number of rotatable bonds is 2. The molecule has 1 nitrogen and oxygen atoms in total. The Labute approximate surface area is 136 Å². The summed E-state index contributed by atoms with van der Waals surface area (Å²) >= 11 is 3.18. The molecule has 8 heteroatoms. The molecule has 0 atom stereocenters. The maximum atomic E-state index is 13.2. The van der Waals surface area contributed by atoms with Crippen molar-refractivity contribution in [2.45, 2.75) is 24.6 Å². The minimum atomic E-state index is -4.91. The van der Waals surface area contributed by atoms with Gasteiger partial charge in [0, 0.05) is 16.6 Å². The van der Waals surface area contributed by atoms with Gasteiger partial charge in [-0.3, -0.25) is 4.98 Å². The molecule has 0 amide bonds. The van der Waals surface area contributed by atoms with Crippen molar-refractivity contribution in [1.29, 1.82) is 0 Å². The van der Waals surface area contributed by atoms with Crippen molar-refractivity contribution < 1.29 is 26.3 Å². The molecule has 0 aliphatic heterocycles. The Bertz CT molecular complexity index is 721. The zero-order chi connectivity index (χ0) is 17.4. The Morgan fingerprint density at radius 1 is 0.913 bits per heavy atom. The molecule has 0 fully saturated rings. The van der Waals surface area contributed by atoms with Crippen LogP contribution in [0.25, 0.3) is 11.1 Å². The molecule has 1 aromatic carbocycles. The molecule has 0 saturated heterocycles. The summed E-state index contributed by atoms with van der Waals surface area (Å²) in [5, 5.41) is 0.424. The normalized spacial score (nSPS) is 12.5. The first-order valence-corrected chi connectivity index (χ1v) is 7.47. The van der Waals surface area contributed by atoms with Gasteiger partial charge in [0.25, 0.3) is 0 Å². The third-order valence-electron chi connectivity index (χ3n) is 3.22. The Kier molecular flexibility index (Phi) is 4.75. The van der Waals surface area contributed by atoms with Crippen molar-refractivity contribution in [3.8, 4) is 11.1 Å². The fourth-order valence-electron chi connectivity index (χ4n) is 2.16. The summed E-state index contributed by atoms with van der Waals surface area (Å²) in [5.74, 6) is 0. The fourth-order valence-corrected chi connectivity index (χ4v) is 2.47. The average molecular weight is 398 g/mol. The summed E-state index contributed by atoms with van der Waals surface area (Å²) < 4.78 is 77.6. The van der Waals surface area contributed by atoms with E-state index in [0.717, 1.165) is 6.07 Å². The van der Waals surface area contributed by atoms with Crippen LogP contribution < -0.4 is 0 Å². The van der Waals surface area contributed by atoms with Crippen molar-refractivity contribution in [2.75, 3.05) is 0 Å².